The molecule has 1 saturated heterocycles. The van der Waals surface area contributed by atoms with Gasteiger partial charge in [-0.25, -0.2) is 0 Å². The molecule has 5 rings (SSSR count). The Morgan fingerprint density at radius 3 is 2.47 bits per heavy atom. The van der Waals surface area contributed by atoms with E-state index in [1.807, 2.05) is 36.4 Å². The number of rotatable bonds is 8. The van der Waals surface area contributed by atoms with Gasteiger partial charge in [0.1, 0.15) is 5.75 Å². The van der Waals surface area contributed by atoms with Gasteiger partial charge in [-0.3, -0.25) is 14.5 Å². The summed E-state index contributed by atoms with van der Waals surface area (Å²) in [6.07, 6.45) is 7.02. The Kier molecular flexibility index (Phi) is 8.33. The smallest absolute Gasteiger partial charge is 0.253 e. The van der Waals surface area contributed by atoms with Gasteiger partial charge in [-0.05, 0) is 75.2 Å². The molecule has 0 unspecified atom stereocenters. The van der Waals surface area contributed by atoms with Gasteiger partial charge in [-0.15, -0.1) is 0 Å². The van der Waals surface area contributed by atoms with Crippen LogP contribution < -0.4 is 15.4 Å². The maximum atomic E-state index is 13.1. The Morgan fingerprint density at radius 1 is 1.00 bits per heavy atom. The number of methoxy groups -OCH3 is 1. The van der Waals surface area contributed by atoms with Crippen molar-refractivity contribution in [1.82, 2.24) is 20.4 Å². The fourth-order valence-corrected chi connectivity index (χ4v) is 5.26. The van der Waals surface area contributed by atoms with Gasteiger partial charge in [0.05, 0.1) is 24.9 Å². The highest BCUT2D eigenvalue weighted by Gasteiger charge is 2.27. The summed E-state index contributed by atoms with van der Waals surface area (Å²) in [5.41, 5.74) is 1.96. The number of benzene rings is 2. The van der Waals surface area contributed by atoms with Gasteiger partial charge in [0, 0.05) is 17.5 Å². The van der Waals surface area contributed by atoms with Gasteiger partial charge >= 0.3 is 0 Å². The summed E-state index contributed by atoms with van der Waals surface area (Å²) in [6.45, 7) is 2.05. The lowest BCUT2D eigenvalue weighted by atomic mass is 9.95. The van der Waals surface area contributed by atoms with Crippen molar-refractivity contribution in [3.8, 4) is 17.1 Å². The minimum Gasteiger partial charge on any atom is -0.497 e. The third kappa shape index (κ3) is 6.39. The average Bonchev–Trinajstić information content (AvgIpc) is 3.42. The van der Waals surface area contributed by atoms with Gasteiger partial charge < -0.3 is 19.9 Å². The highest BCUT2D eigenvalue weighted by Crippen LogP contribution is 2.25. The molecule has 2 amide bonds. The van der Waals surface area contributed by atoms with E-state index >= 15 is 0 Å². The predicted molar refractivity (Wildman–Crippen MR) is 144 cm³/mol. The predicted octanol–water partition coefficient (Wildman–Crippen LogP) is 4.66. The normalized spacial score (nSPS) is 17.2. The number of carbonyl (C=O) groups excluding carboxylic acids is 2. The number of piperidine rings is 1. The number of carbonyl (C=O) groups is 2. The van der Waals surface area contributed by atoms with Crippen molar-refractivity contribution in [3.63, 3.8) is 0 Å². The van der Waals surface area contributed by atoms with Crippen LogP contribution in [0, 0.1) is 5.92 Å². The highest BCUT2D eigenvalue weighted by atomic mass is 16.5. The molecule has 1 aliphatic carbocycles. The number of nitrogens with zero attached hydrogens (tertiary/aromatic N) is 3. The summed E-state index contributed by atoms with van der Waals surface area (Å²) < 4.78 is 10.7. The van der Waals surface area contributed by atoms with Crippen LogP contribution in [0.25, 0.3) is 11.4 Å². The van der Waals surface area contributed by atoms with E-state index in [4.69, 9.17) is 9.26 Å². The van der Waals surface area contributed by atoms with Crippen LogP contribution in [0.3, 0.4) is 0 Å². The van der Waals surface area contributed by atoms with Crippen molar-refractivity contribution >= 4 is 17.5 Å². The number of hydrogen-bond acceptors (Lipinski definition) is 7. The molecule has 2 fully saturated rings. The fourth-order valence-electron chi connectivity index (χ4n) is 5.26. The minimum atomic E-state index is -0.115. The lowest BCUT2D eigenvalue weighted by Crippen LogP contribution is -2.38. The lowest BCUT2D eigenvalue weighted by Gasteiger charge is -2.30. The number of aromatic nitrogens is 2. The number of anilines is 1. The molecule has 1 aromatic heterocycles. The van der Waals surface area contributed by atoms with Gasteiger partial charge in [-0.2, -0.15) is 4.98 Å². The van der Waals surface area contributed by atoms with E-state index in [2.05, 4.69) is 25.7 Å². The zero-order valence-corrected chi connectivity index (χ0v) is 21.8. The molecule has 2 aliphatic rings. The second kappa shape index (κ2) is 12.2. The zero-order valence-electron chi connectivity index (χ0n) is 21.8. The van der Waals surface area contributed by atoms with Crippen molar-refractivity contribution < 1.29 is 18.8 Å². The first-order valence-corrected chi connectivity index (χ1v) is 13.5. The summed E-state index contributed by atoms with van der Waals surface area (Å²) in [4.78, 5) is 32.8. The van der Waals surface area contributed by atoms with E-state index in [9.17, 15) is 9.59 Å². The monoisotopic (exact) mass is 517 g/mol. The third-order valence-electron chi connectivity index (χ3n) is 7.50. The van der Waals surface area contributed by atoms with Crippen LogP contribution in [-0.4, -0.2) is 53.1 Å². The second-order valence-electron chi connectivity index (χ2n) is 10.1. The van der Waals surface area contributed by atoms with Crippen molar-refractivity contribution in [2.75, 3.05) is 25.5 Å². The lowest BCUT2D eigenvalue weighted by molar-refractivity contribution is -0.121. The summed E-state index contributed by atoms with van der Waals surface area (Å²) in [7, 11) is 1.63. The van der Waals surface area contributed by atoms with Crippen molar-refractivity contribution in [2.24, 2.45) is 5.92 Å². The fraction of sp³-hybridized carbons (Fsp3) is 0.448. The summed E-state index contributed by atoms with van der Waals surface area (Å²) in [6, 6.07) is 15.0. The topological polar surface area (TPSA) is 110 Å². The van der Waals surface area contributed by atoms with Crippen molar-refractivity contribution in [3.05, 3.63) is 60.0 Å². The van der Waals surface area contributed by atoms with Crippen LogP contribution >= 0.6 is 0 Å². The number of hydrogen-bond donors (Lipinski definition) is 2. The Morgan fingerprint density at radius 2 is 1.74 bits per heavy atom. The van der Waals surface area contributed by atoms with Crippen molar-refractivity contribution in [2.45, 2.75) is 57.5 Å². The molecule has 38 heavy (non-hydrogen) atoms. The summed E-state index contributed by atoms with van der Waals surface area (Å²) >= 11 is 0. The Hall–Kier alpha value is -3.72. The first kappa shape index (κ1) is 25.9. The quantitative estimate of drug-likeness (QED) is 0.447. The standard InChI is InChI=1S/C29H35N5O4/c1-37-23-13-11-20(12-14-23)27-32-26(38-33-27)19-34-17-15-21(16-18-34)28(35)31-25-10-6-5-9-24(25)29(36)30-22-7-3-2-4-8-22/h5-6,9-14,21-22H,2-4,7-8,15-19H2,1H3,(H,30,36)(H,31,35). The van der Waals surface area contributed by atoms with E-state index < -0.39 is 0 Å². The Labute approximate surface area is 222 Å². The van der Waals surface area contributed by atoms with E-state index in [-0.39, 0.29) is 23.8 Å². The van der Waals surface area contributed by atoms with E-state index in [0.717, 1.165) is 62.9 Å². The third-order valence-corrected chi connectivity index (χ3v) is 7.50. The number of amides is 2. The molecule has 2 aromatic carbocycles. The molecule has 0 bridgehead atoms. The molecule has 2 N–H and O–H groups in total. The number of likely N-dealkylation sites (tertiary alicyclic amines) is 1. The molecule has 9 heteroatoms. The molecular formula is C29H35N5O4. The molecule has 1 saturated carbocycles. The number of ether oxygens (including phenoxy) is 1. The van der Waals surface area contributed by atoms with Crippen LogP contribution in [0.4, 0.5) is 5.69 Å². The second-order valence-corrected chi connectivity index (χ2v) is 10.1. The Bertz CT molecular complexity index is 1230. The largest absolute Gasteiger partial charge is 0.497 e. The molecule has 9 nitrogen and oxygen atoms in total. The van der Waals surface area contributed by atoms with Crippen LogP contribution in [0.15, 0.2) is 53.1 Å². The molecule has 200 valence electrons. The van der Waals surface area contributed by atoms with Crippen molar-refractivity contribution in [1.29, 1.82) is 0 Å². The van der Waals surface area contributed by atoms with Gasteiger partial charge in [0.25, 0.3) is 5.91 Å². The summed E-state index contributed by atoms with van der Waals surface area (Å²) in [5.74, 6) is 1.60. The van der Waals surface area contributed by atoms with Crippen LogP contribution in [0.1, 0.15) is 61.2 Å². The molecule has 3 aromatic rings. The van der Waals surface area contributed by atoms with E-state index in [1.54, 1.807) is 19.2 Å². The van der Waals surface area contributed by atoms with E-state index in [1.165, 1.54) is 6.42 Å². The SMILES string of the molecule is COc1ccc(-c2noc(CN3CCC(C(=O)Nc4ccccc4C(=O)NC4CCCCC4)CC3)n2)cc1. The molecule has 1 aliphatic heterocycles. The Balaban J connectivity index is 1.12. The van der Waals surface area contributed by atoms with Crippen LogP contribution in [0.2, 0.25) is 0 Å². The molecule has 0 radical (unpaired) electrons. The van der Waals surface area contributed by atoms with Gasteiger partial charge in [0.15, 0.2) is 0 Å². The van der Waals surface area contributed by atoms with Gasteiger partial charge in [0.2, 0.25) is 17.6 Å². The van der Waals surface area contributed by atoms with Gasteiger partial charge in [-0.1, -0.05) is 36.6 Å². The minimum absolute atomic E-state index is 0.0397. The van der Waals surface area contributed by atoms with E-state index in [0.29, 0.717) is 29.5 Å². The number of nitrogens with one attached hydrogen (secondary N) is 2. The number of para-hydroxylation sites is 1. The summed E-state index contributed by atoms with van der Waals surface area (Å²) in [5, 5.41) is 10.3. The van der Waals surface area contributed by atoms with Crippen LogP contribution in [0.5, 0.6) is 5.75 Å². The maximum Gasteiger partial charge on any atom is 0.253 e. The highest BCUT2D eigenvalue weighted by molar-refractivity contribution is 6.04. The zero-order chi connectivity index (χ0) is 26.3. The molecule has 0 atom stereocenters. The maximum absolute atomic E-state index is 13.1. The van der Waals surface area contributed by atoms with Crippen LogP contribution in [-0.2, 0) is 11.3 Å². The molecule has 0 spiro atoms. The average molecular weight is 518 g/mol. The molecule has 2 heterocycles. The molecular weight excluding hydrogens is 482 g/mol. The first-order valence-electron chi connectivity index (χ1n) is 13.5. The first-order chi connectivity index (χ1) is 18.6.